The fourth-order valence-corrected chi connectivity index (χ4v) is 4.71. The minimum absolute atomic E-state index is 0.185. The van der Waals surface area contributed by atoms with E-state index in [1.54, 1.807) is 11.3 Å². The summed E-state index contributed by atoms with van der Waals surface area (Å²) < 4.78 is 5.77. The average molecular weight is 392 g/mol. The van der Waals surface area contributed by atoms with Crippen molar-refractivity contribution in [2.24, 2.45) is 16.3 Å². The van der Waals surface area contributed by atoms with Crippen molar-refractivity contribution in [1.29, 1.82) is 0 Å². The SMILES string of the molecule is CC1(C)C=C2NC(Nc3nc4ccccc4o3)=N[C@H](c3cccs3)[C@@H]2C(=O)C1. The molecule has 0 spiro atoms. The van der Waals surface area contributed by atoms with Gasteiger partial charge in [0, 0.05) is 17.0 Å². The van der Waals surface area contributed by atoms with Gasteiger partial charge in [0.1, 0.15) is 17.3 Å². The number of fused-ring (bicyclic) bond motifs is 2. The molecule has 2 aromatic heterocycles. The second-order valence-corrected chi connectivity index (χ2v) is 8.86. The van der Waals surface area contributed by atoms with Gasteiger partial charge in [0.25, 0.3) is 0 Å². The minimum atomic E-state index is -0.277. The van der Waals surface area contributed by atoms with Crippen LogP contribution in [-0.4, -0.2) is 16.7 Å². The number of nitrogens with zero attached hydrogens (tertiary/aromatic N) is 2. The predicted molar refractivity (Wildman–Crippen MR) is 110 cm³/mol. The Bertz CT molecular complexity index is 1080. The number of guanidine groups is 1. The molecule has 0 fully saturated rings. The van der Waals surface area contributed by atoms with Crippen LogP contribution in [-0.2, 0) is 4.79 Å². The number of rotatable bonds is 2. The van der Waals surface area contributed by atoms with Crippen molar-refractivity contribution in [1.82, 2.24) is 10.3 Å². The summed E-state index contributed by atoms with van der Waals surface area (Å²) in [7, 11) is 0. The molecule has 3 heterocycles. The molecule has 7 heteroatoms. The van der Waals surface area contributed by atoms with Crippen molar-refractivity contribution in [2.45, 2.75) is 26.3 Å². The Morgan fingerprint density at radius 3 is 2.89 bits per heavy atom. The van der Waals surface area contributed by atoms with Crippen molar-refractivity contribution in [3.8, 4) is 0 Å². The van der Waals surface area contributed by atoms with Crippen LogP contribution in [0.1, 0.15) is 31.2 Å². The topological polar surface area (TPSA) is 79.5 Å². The number of aromatic nitrogens is 1. The third kappa shape index (κ3) is 3.01. The lowest BCUT2D eigenvalue weighted by molar-refractivity contribution is -0.124. The van der Waals surface area contributed by atoms with E-state index >= 15 is 0 Å². The Hall–Kier alpha value is -2.93. The third-order valence-corrected chi connectivity index (χ3v) is 6.00. The van der Waals surface area contributed by atoms with Crippen LogP contribution in [0.5, 0.6) is 0 Å². The van der Waals surface area contributed by atoms with E-state index < -0.39 is 0 Å². The number of anilines is 1. The number of oxazole rings is 1. The minimum Gasteiger partial charge on any atom is -0.423 e. The van der Waals surface area contributed by atoms with Crippen LogP contribution in [0.3, 0.4) is 0 Å². The Labute approximate surface area is 166 Å². The monoisotopic (exact) mass is 392 g/mol. The van der Waals surface area contributed by atoms with E-state index in [0.29, 0.717) is 24.0 Å². The van der Waals surface area contributed by atoms with Crippen molar-refractivity contribution in [2.75, 3.05) is 5.32 Å². The zero-order valence-corrected chi connectivity index (χ0v) is 16.4. The van der Waals surface area contributed by atoms with Crippen LogP contribution in [0.25, 0.3) is 11.1 Å². The number of carbonyl (C=O) groups is 1. The van der Waals surface area contributed by atoms with E-state index in [1.807, 2.05) is 41.8 Å². The molecule has 0 radical (unpaired) electrons. The highest BCUT2D eigenvalue weighted by atomic mass is 32.1. The number of hydrogen-bond donors (Lipinski definition) is 2. The van der Waals surface area contributed by atoms with Crippen LogP contribution in [0, 0.1) is 11.3 Å². The fraction of sp³-hybridized carbons (Fsp3) is 0.286. The Balaban J connectivity index is 1.54. The third-order valence-electron chi connectivity index (χ3n) is 5.06. The smallest absolute Gasteiger partial charge is 0.302 e. The van der Waals surface area contributed by atoms with E-state index in [-0.39, 0.29) is 23.2 Å². The molecule has 2 atom stereocenters. The van der Waals surface area contributed by atoms with Gasteiger partial charge in [0.05, 0.1) is 5.92 Å². The van der Waals surface area contributed by atoms with Gasteiger partial charge in [-0.3, -0.25) is 10.1 Å². The number of hydrogen-bond acceptors (Lipinski definition) is 7. The maximum Gasteiger partial charge on any atom is 0.302 e. The van der Waals surface area contributed by atoms with Crippen molar-refractivity contribution in [3.63, 3.8) is 0 Å². The maximum absolute atomic E-state index is 12.9. The molecule has 0 saturated heterocycles. The largest absolute Gasteiger partial charge is 0.423 e. The van der Waals surface area contributed by atoms with Gasteiger partial charge in [-0.05, 0) is 29.0 Å². The number of thiophene rings is 1. The van der Waals surface area contributed by atoms with E-state index in [1.165, 1.54) is 0 Å². The molecule has 0 bridgehead atoms. The van der Waals surface area contributed by atoms with Gasteiger partial charge >= 0.3 is 6.01 Å². The van der Waals surface area contributed by atoms with Gasteiger partial charge in [-0.25, -0.2) is 4.99 Å². The molecule has 1 aromatic carbocycles. The first kappa shape index (κ1) is 17.2. The number of nitrogens with one attached hydrogen (secondary N) is 2. The number of aliphatic imine (C=N–C) groups is 1. The highest BCUT2D eigenvalue weighted by Crippen LogP contribution is 2.43. The highest BCUT2D eigenvalue weighted by molar-refractivity contribution is 7.10. The van der Waals surface area contributed by atoms with Crippen LogP contribution < -0.4 is 10.6 Å². The summed E-state index contributed by atoms with van der Waals surface area (Å²) >= 11 is 1.62. The first-order valence-electron chi connectivity index (χ1n) is 9.25. The molecular formula is C21H20N4O2S. The number of benzene rings is 1. The number of allylic oxidation sites excluding steroid dienone is 1. The lowest BCUT2D eigenvalue weighted by Gasteiger charge is -2.38. The summed E-state index contributed by atoms with van der Waals surface area (Å²) in [6.45, 7) is 4.16. The molecule has 28 heavy (non-hydrogen) atoms. The standard InChI is InChI=1S/C21H20N4O2S/c1-21(2)10-13-17(14(26)11-21)18(16-8-5-9-28-16)24-19(22-13)25-20-23-12-6-3-4-7-15(12)27-20/h3-10,17-18H,11H2,1-2H3,(H2,22,23,24,25)/t17-,18+/m0/s1. The normalized spacial score (nSPS) is 23.6. The van der Waals surface area contributed by atoms with Gasteiger partial charge < -0.3 is 9.73 Å². The molecule has 2 N–H and O–H groups in total. The van der Waals surface area contributed by atoms with Crippen LogP contribution in [0.2, 0.25) is 0 Å². The van der Waals surface area contributed by atoms with Crippen molar-refractivity contribution >= 4 is 40.2 Å². The number of para-hydroxylation sites is 2. The zero-order chi connectivity index (χ0) is 19.3. The number of Topliss-reactive ketones (excluding diaryl/α,β-unsaturated/α-hetero) is 1. The molecule has 1 aliphatic heterocycles. The zero-order valence-electron chi connectivity index (χ0n) is 15.6. The summed E-state index contributed by atoms with van der Waals surface area (Å²) in [5, 5.41) is 8.48. The molecule has 142 valence electrons. The molecule has 3 aromatic rings. The van der Waals surface area contributed by atoms with Gasteiger partial charge in [-0.2, -0.15) is 4.98 Å². The van der Waals surface area contributed by atoms with Gasteiger partial charge in [-0.1, -0.05) is 38.1 Å². The van der Waals surface area contributed by atoms with Gasteiger partial charge in [-0.15, -0.1) is 11.3 Å². The lowest BCUT2D eigenvalue weighted by atomic mass is 9.73. The average Bonchev–Trinajstić information content (AvgIpc) is 3.29. The molecule has 0 unspecified atom stereocenters. The lowest BCUT2D eigenvalue weighted by Crippen LogP contribution is -2.45. The van der Waals surface area contributed by atoms with E-state index in [0.717, 1.165) is 16.1 Å². The molecule has 5 rings (SSSR count). The Morgan fingerprint density at radius 2 is 2.11 bits per heavy atom. The summed E-state index contributed by atoms with van der Waals surface area (Å²) in [5.41, 5.74) is 2.20. The Kier molecular flexibility index (Phi) is 3.87. The summed E-state index contributed by atoms with van der Waals surface area (Å²) in [6.07, 6.45) is 2.68. The fourth-order valence-electron chi connectivity index (χ4n) is 3.91. The second-order valence-electron chi connectivity index (χ2n) is 7.88. The van der Waals surface area contributed by atoms with E-state index in [4.69, 9.17) is 9.41 Å². The molecule has 0 saturated carbocycles. The molecule has 0 amide bonds. The predicted octanol–water partition coefficient (Wildman–Crippen LogP) is 4.50. The number of ketones is 1. The highest BCUT2D eigenvalue weighted by Gasteiger charge is 2.42. The van der Waals surface area contributed by atoms with Crippen LogP contribution in [0.4, 0.5) is 6.01 Å². The van der Waals surface area contributed by atoms with Crippen molar-refractivity contribution < 1.29 is 9.21 Å². The maximum atomic E-state index is 12.9. The van der Waals surface area contributed by atoms with Gasteiger partial charge in [0.15, 0.2) is 5.58 Å². The molecular weight excluding hydrogens is 372 g/mol. The second kappa shape index (κ2) is 6.31. The van der Waals surface area contributed by atoms with Crippen molar-refractivity contribution in [3.05, 3.63) is 58.4 Å². The van der Waals surface area contributed by atoms with Crippen LogP contribution in [0.15, 0.2) is 63.0 Å². The van der Waals surface area contributed by atoms with E-state index in [2.05, 4.69) is 35.5 Å². The van der Waals surface area contributed by atoms with Crippen LogP contribution >= 0.6 is 11.3 Å². The number of carbonyl (C=O) groups excluding carboxylic acids is 1. The molecule has 1 aliphatic carbocycles. The Morgan fingerprint density at radius 1 is 1.25 bits per heavy atom. The summed E-state index contributed by atoms with van der Waals surface area (Å²) in [4.78, 5) is 23.3. The summed E-state index contributed by atoms with van der Waals surface area (Å²) in [5.74, 6) is 0.483. The van der Waals surface area contributed by atoms with Gasteiger partial charge in [0.2, 0.25) is 5.96 Å². The first-order valence-corrected chi connectivity index (χ1v) is 10.1. The first-order chi connectivity index (χ1) is 13.5. The quantitative estimate of drug-likeness (QED) is 0.671. The summed E-state index contributed by atoms with van der Waals surface area (Å²) in [6, 6.07) is 11.8. The molecule has 2 aliphatic rings. The molecule has 6 nitrogen and oxygen atoms in total. The van der Waals surface area contributed by atoms with E-state index in [9.17, 15) is 4.79 Å².